The Bertz CT molecular complexity index is 456. The molecule has 1 heterocycles. The molecule has 0 amide bonds. The fourth-order valence-corrected chi connectivity index (χ4v) is 2.69. The number of benzene rings is 1. The Balaban J connectivity index is 2.37. The summed E-state index contributed by atoms with van der Waals surface area (Å²) in [6.07, 6.45) is 1.98. The van der Waals surface area contributed by atoms with Gasteiger partial charge in [-0.2, -0.15) is 0 Å². The third kappa shape index (κ3) is 2.21. The van der Waals surface area contributed by atoms with Gasteiger partial charge in [0, 0.05) is 10.2 Å². The topological polar surface area (TPSA) is 26.0 Å². The molecule has 0 fully saturated rings. The van der Waals surface area contributed by atoms with Crippen molar-refractivity contribution < 1.29 is 0 Å². The molecule has 1 aromatic heterocycles. The van der Waals surface area contributed by atoms with E-state index in [4.69, 9.17) is 5.73 Å². The van der Waals surface area contributed by atoms with Crippen LogP contribution in [0.5, 0.6) is 0 Å². The molecule has 0 saturated carbocycles. The third-order valence-corrected chi connectivity index (χ3v) is 3.98. The van der Waals surface area contributed by atoms with Gasteiger partial charge in [0.2, 0.25) is 0 Å². The van der Waals surface area contributed by atoms with Crippen LogP contribution in [0, 0.1) is 0 Å². The highest BCUT2D eigenvalue weighted by molar-refractivity contribution is 7.17. The van der Waals surface area contributed by atoms with Crippen molar-refractivity contribution in [3.63, 3.8) is 0 Å². The Labute approximate surface area is 94.9 Å². The molecule has 0 radical (unpaired) electrons. The maximum absolute atomic E-state index is 6.20. The van der Waals surface area contributed by atoms with E-state index >= 15 is 0 Å². The van der Waals surface area contributed by atoms with Gasteiger partial charge >= 0.3 is 0 Å². The van der Waals surface area contributed by atoms with E-state index in [9.17, 15) is 0 Å². The zero-order valence-electron chi connectivity index (χ0n) is 9.29. The number of rotatable bonds is 3. The van der Waals surface area contributed by atoms with Gasteiger partial charge in [0.25, 0.3) is 0 Å². The summed E-state index contributed by atoms with van der Waals surface area (Å²) in [6.45, 7) is 4.27. The van der Waals surface area contributed by atoms with Crippen LogP contribution in [0.1, 0.15) is 25.8 Å². The fraction of sp³-hybridized carbons (Fsp3) is 0.385. The highest BCUT2D eigenvalue weighted by Gasteiger charge is 2.18. The Morgan fingerprint density at radius 2 is 2.07 bits per heavy atom. The third-order valence-electron chi connectivity index (χ3n) is 2.96. The fourth-order valence-electron chi connectivity index (χ4n) is 1.73. The van der Waals surface area contributed by atoms with E-state index in [0.717, 1.165) is 12.8 Å². The first kappa shape index (κ1) is 10.7. The van der Waals surface area contributed by atoms with Crippen LogP contribution < -0.4 is 5.73 Å². The largest absolute Gasteiger partial charge is 0.325 e. The van der Waals surface area contributed by atoms with Gasteiger partial charge in [-0.1, -0.05) is 25.1 Å². The molecule has 80 valence electrons. The van der Waals surface area contributed by atoms with E-state index < -0.39 is 0 Å². The number of fused-ring (bicyclic) bond motifs is 1. The first-order valence-electron chi connectivity index (χ1n) is 5.36. The second kappa shape index (κ2) is 3.95. The summed E-state index contributed by atoms with van der Waals surface area (Å²) in [6, 6.07) is 8.54. The van der Waals surface area contributed by atoms with Crippen molar-refractivity contribution in [3.05, 3.63) is 35.2 Å². The van der Waals surface area contributed by atoms with Crippen LogP contribution in [0.4, 0.5) is 0 Å². The molecular weight excluding hydrogens is 202 g/mol. The lowest BCUT2D eigenvalue weighted by Crippen LogP contribution is -2.37. The average molecular weight is 219 g/mol. The van der Waals surface area contributed by atoms with Crippen molar-refractivity contribution in [1.82, 2.24) is 0 Å². The zero-order chi connectivity index (χ0) is 10.9. The summed E-state index contributed by atoms with van der Waals surface area (Å²) in [4.78, 5) is 0. The normalized spacial score (nSPS) is 15.4. The van der Waals surface area contributed by atoms with Gasteiger partial charge in [0.15, 0.2) is 0 Å². The summed E-state index contributed by atoms with van der Waals surface area (Å²) in [7, 11) is 0. The van der Waals surface area contributed by atoms with Crippen LogP contribution in [0.25, 0.3) is 10.1 Å². The molecule has 0 aliphatic heterocycles. The molecule has 2 aromatic rings. The number of nitrogens with two attached hydrogens (primary N) is 1. The lowest BCUT2D eigenvalue weighted by molar-refractivity contribution is 0.452. The second-order valence-electron chi connectivity index (χ2n) is 4.44. The van der Waals surface area contributed by atoms with Gasteiger partial charge in [0.05, 0.1) is 0 Å². The molecule has 0 spiro atoms. The molecule has 2 heteroatoms. The van der Waals surface area contributed by atoms with Gasteiger partial charge in [-0.05, 0) is 42.2 Å². The Hall–Kier alpha value is -0.860. The van der Waals surface area contributed by atoms with Gasteiger partial charge in [-0.25, -0.2) is 0 Å². The maximum atomic E-state index is 6.20. The predicted octanol–water partition coefficient (Wildman–Crippen LogP) is 3.57. The summed E-state index contributed by atoms with van der Waals surface area (Å²) < 4.78 is 1.36. The number of hydrogen-bond donors (Lipinski definition) is 1. The number of hydrogen-bond acceptors (Lipinski definition) is 2. The first-order chi connectivity index (χ1) is 7.12. The van der Waals surface area contributed by atoms with E-state index in [1.807, 2.05) is 11.3 Å². The molecule has 1 nitrogen and oxygen atoms in total. The van der Waals surface area contributed by atoms with Gasteiger partial charge < -0.3 is 5.73 Å². The predicted molar refractivity (Wildman–Crippen MR) is 68.4 cm³/mol. The van der Waals surface area contributed by atoms with Crippen molar-refractivity contribution in [2.75, 3.05) is 0 Å². The minimum Gasteiger partial charge on any atom is -0.325 e. The minimum atomic E-state index is -0.0795. The van der Waals surface area contributed by atoms with Crippen molar-refractivity contribution in [3.8, 4) is 0 Å². The molecule has 0 bridgehead atoms. The van der Waals surface area contributed by atoms with Crippen molar-refractivity contribution in [1.29, 1.82) is 0 Å². The van der Waals surface area contributed by atoms with Crippen LogP contribution in [0.3, 0.4) is 0 Å². The van der Waals surface area contributed by atoms with Crippen molar-refractivity contribution >= 4 is 21.4 Å². The molecule has 0 aliphatic carbocycles. The highest BCUT2D eigenvalue weighted by atomic mass is 32.1. The molecular formula is C13H17NS. The molecule has 2 N–H and O–H groups in total. The van der Waals surface area contributed by atoms with Crippen LogP contribution in [0.15, 0.2) is 29.6 Å². The molecule has 0 saturated heterocycles. The quantitative estimate of drug-likeness (QED) is 0.839. The minimum absolute atomic E-state index is 0.0795. The lowest BCUT2D eigenvalue weighted by Gasteiger charge is -2.22. The van der Waals surface area contributed by atoms with Gasteiger partial charge in [-0.3, -0.25) is 0 Å². The van der Waals surface area contributed by atoms with Crippen molar-refractivity contribution in [2.45, 2.75) is 32.2 Å². The standard InChI is InChI=1S/C13H17NS/c1-3-13(2,14)8-10-9-15-12-7-5-4-6-11(10)12/h4-7,9H,3,8,14H2,1-2H3. The molecule has 2 rings (SSSR count). The smallest absolute Gasteiger partial charge is 0.0345 e. The Morgan fingerprint density at radius 1 is 1.33 bits per heavy atom. The van der Waals surface area contributed by atoms with Crippen molar-refractivity contribution in [2.24, 2.45) is 5.73 Å². The van der Waals surface area contributed by atoms with E-state index in [1.165, 1.54) is 15.6 Å². The first-order valence-corrected chi connectivity index (χ1v) is 6.24. The van der Waals surface area contributed by atoms with Crippen LogP contribution in [-0.2, 0) is 6.42 Å². The van der Waals surface area contributed by atoms with E-state index in [1.54, 1.807) is 0 Å². The second-order valence-corrected chi connectivity index (χ2v) is 5.35. The number of thiophene rings is 1. The zero-order valence-corrected chi connectivity index (χ0v) is 10.1. The molecule has 1 atom stereocenters. The van der Waals surface area contributed by atoms with Crippen LogP contribution in [-0.4, -0.2) is 5.54 Å². The van der Waals surface area contributed by atoms with Crippen LogP contribution in [0.2, 0.25) is 0 Å². The molecule has 1 aromatic carbocycles. The maximum Gasteiger partial charge on any atom is 0.0345 e. The van der Waals surface area contributed by atoms with E-state index in [-0.39, 0.29) is 5.54 Å². The van der Waals surface area contributed by atoms with Gasteiger partial charge in [-0.15, -0.1) is 11.3 Å². The monoisotopic (exact) mass is 219 g/mol. The summed E-state index contributed by atoms with van der Waals surface area (Å²) in [5, 5.41) is 3.61. The highest BCUT2D eigenvalue weighted by Crippen LogP contribution is 2.28. The van der Waals surface area contributed by atoms with Gasteiger partial charge in [0.1, 0.15) is 0 Å². The summed E-state index contributed by atoms with van der Waals surface area (Å²) in [5.41, 5.74) is 7.51. The lowest BCUT2D eigenvalue weighted by atomic mass is 9.91. The summed E-state index contributed by atoms with van der Waals surface area (Å²) in [5.74, 6) is 0. The summed E-state index contributed by atoms with van der Waals surface area (Å²) >= 11 is 1.81. The van der Waals surface area contributed by atoms with Crippen LogP contribution >= 0.6 is 11.3 Å². The average Bonchev–Trinajstić information content (AvgIpc) is 2.62. The SMILES string of the molecule is CCC(C)(N)Cc1csc2ccccc12. The molecule has 0 aliphatic rings. The Morgan fingerprint density at radius 3 is 2.80 bits per heavy atom. The molecule has 1 unspecified atom stereocenters. The van der Waals surface area contributed by atoms with E-state index in [0.29, 0.717) is 0 Å². The molecule has 15 heavy (non-hydrogen) atoms. The van der Waals surface area contributed by atoms with E-state index in [2.05, 4.69) is 43.5 Å². The Kier molecular flexibility index (Phi) is 2.81.